The number of nitrogens with one attached hydrogen (secondary N) is 1. The first-order valence-electron chi connectivity index (χ1n) is 6.67. The molecular formula is C14H18N2O2S2. The largest absolute Gasteiger partial charge is 0.465 e. The van der Waals surface area contributed by atoms with Gasteiger partial charge in [0.25, 0.3) is 0 Å². The monoisotopic (exact) mass is 310 g/mol. The van der Waals surface area contributed by atoms with Crippen LogP contribution in [0.1, 0.15) is 47.3 Å². The maximum atomic E-state index is 11.9. The van der Waals surface area contributed by atoms with Gasteiger partial charge in [-0.25, -0.2) is 4.79 Å². The lowest BCUT2D eigenvalue weighted by molar-refractivity contribution is 0.0607. The van der Waals surface area contributed by atoms with Crippen LogP contribution in [0.15, 0.2) is 4.21 Å². The topological polar surface area (TPSA) is 62.1 Å². The van der Waals surface area contributed by atoms with E-state index >= 15 is 0 Å². The van der Waals surface area contributed by atoms with Crippen molar-refractivity contribution < 1.29 is 9.53 Å². The average molecular weight is 310 g/mol. The van der Waals surface area contributed by atoms with Crippen molar-refractivity contribution in [3.05, 3.63) is 10.4 Å². The van der Waals surface area contributed by atoms with E-state index in [4.69, 9.17) is 4.74 Å². The summed E-state index contributed by atoms with van der Waals surface area (Å²) in [6.45, 7) is 0. The van der Waals surface area contributed by atoms with E-state index in [1.54, 1.807) is 0 Å². The molecule has 1 saturated carbocycles. The summed E-state index contributed by atoms with van der Waals surface area (Å²) in [7, 11) is 1.37. The molecule has 0 spiro atoms. The van der Waals surface area contributed by atoms with E-state index in [0.29, 0.717) is 22.2 Å². The average Bonchev–Trinajstić information content (AvgIpc) is 2.85. The van der Waals surface area contributed by atoms with Crippen molar-refractivity contribution in [1.82, 2.24) is 0 Å². The highest BCUT2D eigenvalue weighted by molar-refractivity contribution is 8.00. The van der Waals surface area contributed by atoms with E-state index in [2.05, 4.69) is 11.4 Å². The van der Waals surface area contributed by atoms with Gasteiger partial charge >= 0.3 is 5.97 Å². The Morgan fingerprint density at radius 1 is 1.45 bits per heavy atom. The van der Waals surface area contributed by atoms with Crippen molar-refractivity contribution in [3.63, 3.8) is 0 Å². The first kappa shape index (κ1) is 15.2. The maximum Gasteiger partial charge on any atom is 0.350 e. The summed E-state index contributed by atoms with van der Waals surface area (Å²) >= 11 is 2.83. The van der Waals surface area contributed by atoms with Crippen LogP contribution in [0.5, 0.6) is 0 Å². The van der Waals surface area contributed by atoms with Crippen LogP contribution in [-0.4, -0.2) is 25.4 Å². The summed E-state index contributed by atoms with van der Waals surface area (Å²) in [5.41, 5.74) is 1.24. The van der Waals surface area contributed by atoms with E-state index in [1.165, 1.54) is 49.5 Å². The molecule has 1 aromatic rings. The third-order valence-corrected chi connectivity index (χ3v) is 5.79. The van der Waals surface area contributed by atoms with Crippen molar-refractivity contribution in [2.45, 2.75) is 42.4 Å². The van der Waals surface area contributed by atoms with Gasteiger partial charge < -0.3 is 10.1 Å². The molecule has 1 aromatic heterocycles. The van der Waals surface area contributed by atoms with Crippen LogP contribution >= 0.6 is 23.1 Å². The molecule has 0 atom stereocenters. The number of nitrogens with zero attached hydrogens (tertiary/aromatic N) is 1. The van der Waals surface area contributed by atoms with Gasteiger partial charge in [-0.05, 0) is 19.1 Å². The number of carbonyl (C=O) groups is 1. The minimum absolute atomic E-state index is 0.351. The number of hydrogen-bond donors (Lipinski definition) is 1. The second kappa shape index (κ2) is 7.00. The Hall–Kier alpha value is -1.19. The smallest absolute Gasteiger partial charge is 0.350 e. The lowest BCUT2D eigenvalue weighted by Gasteiger charge is -2.24. The number of nitriles is 1. The SMILES string of the molecule is COC(=O)c1sc(SC)c(C#N)c1NC1CCCCC1. The van der Waals surface area contributed by atoms with Crippen molar-refractivity contribution in [3.8, 4) is 6.07 Å². The van der Waals surface area contributed by atoms with Crippen LogP contribution in [-0.2, 0) is 4.74 Å². The first-order chi connectivity index (χ1) is 9.71. The van der Waals surface area contributed by atoms with Gasteiger partial charge in [0, 0.05) is 6.04 Å². The second-order valence-corrected chi connectivity index (χ2v) is 6.85. The summed E-state index contributed by atoms with van der Waals surface area (Å²) < 4.78 is 5.70. The third-order valence-electron chi connectivity index (χ3n) is 3.50. The molecule has 108 valence electrons. The van der Waals surface area contributed by atoms with Crippen LogP contribution < -0.4 is 5.32 Å². The minimum Gasteiger partial charge on any atom is -0.465 e. The van der Waals surface area contributed by atoms with Crippen molar-refractivity contribution in [1.29, 1.82) is 5.26 Å². The molecule has 0 aromatic carbocycles. The molecule has 20 heavy (non-hydrogen) atoms. The van der Waals surface area contributed by atoms with Gasteiger partial charge in [-0.1, -0.05) is 19.3 Å². The Morgan fingerprint density at radius 2 is 2.15 bits per heavy atom. The van der Waals surface area contributed by atoms with Crippen molar-refractivity contribution in [2.75, 3.05) is 18.7 Å². The van der Waals surface area contributed by atoms with Gasteiger partial charge in [-0.3, -0.25) is 0 Å². The molecule has 0 aliphatic heterocycles. The highest BCUT2D eigenvalue weighted by Gasteiger charge is 2.25. The molecule has 0 amide bonds. The second-order valence-electron chi connectivity index (χ2n) is 4.76. The highest BCUT2D eigenvalue weighted by atomic mass is 32.2. The van der Waals surface area contributed by atoms with Gasteiger partial charge in [-0.2, -0.15) is 5.26 Å². The third kappa shape index (κ3) is 3.10. The van der Waals surface area contributed by atoms with Crippen LogP contribution in [0, 0.1) is 11.3 Å². The molecule has 0 saturated heterocycles. The Balaban J connectivity index is 2.34. The highest BCUT2D eigenvalue weighted by Crippen LogP contribution is 2.40. The van der Waals surface area contributed by atoms with E-state index < -0.39 is 0 Å². The minimum atomic E-state index is -0.370. The summed E-state index contributed by atoms with van der Waals surface area (Å²) in [5, 5.41) is 12.8. The lowest BCUT2D eigenvalue weighted by Crippen LogP contribution is -2.23. The normalized spacial score (nSPS) is 15.7. The van der Waals surface area contributed by atoms with Gasteiger partial charge in [0.1, 0.15) is 16.5 Å². The standard InChI is InChI=1S/C14H18N2O2S2/c1-18-13(17)12-11(10(8-15)14(19-2)20-12)16-9-6-4-3-5-7-9/h9,16H,3-7H2,1-2H3. The van der Waals surface area contributed by atoms with Crippen LogP contribution in [0.4, 0.5) is 5.69 Å². The Bertz CT molecular complexity index is 528. The molecule has 4 nitrogen and oxygen atoms in total. The van der Waals surface area contributed by atoms with Gasteiger partial charge in [0.15, 0.2) is 0 Å². The van der Waals surface area contributed by atoms with Crippen LogP contribution in [0.25, 0.3) is 0 Å². The number of thiophene rings is 1. The summed E-state index contributed by atoms with van der Waals surface area (Å²) in [4.78, 5) is 12.4. The number of ether oxygens (including phenoxy) is 1. The zero-order valence-corrected chi connectivity index (χ0v) is 13.3. The predicted molar refractivity (Wildman–Crippen MR) is 82.7 cm³/mol. The fourth-order valence-electron chi connectivity index (χ4n) is 2.48. The number of carbonyl (C=O) groups excluding carboxylic acids is 1. The fraction of sp³-hybridized carbons (Fsp3) is 0.571. The Morgan fingerprint density at radius 3 is 2.70 bits per heavy atom. The molecule has 2 rings (SSSR count). The van der Waals surface area contributed by atoms with E-state index in [1.807, 2.05) is 6.26 Å². The van der Waals surface area contributed by atoms with Crippen molar-refractivity contribution in [2.24, 2.45) is 0 Å². The number of methoxy groups -OCH3 is 1. The van der Waals surface area contributed by atoms with Gasteiger partial charge in [0.05, 0.1) is 17.0 Å². The number of hydrogen-bond acceptors (Lipinski definition) is 6. The molecule has 0 unspecified atom stereocenters. The fourth-order valence-corrected chi connectivity index (χ4v) is 4.28. The van der Waals surface area contributed by atoms with E-state index in [9.17, 15) is 10.1 Å². The summed E-state index contributed by atoms with van der Waals surface area (Å²) in [5.74, 6) is -0.370. The number of rotatable bonds is 4. The number of esters is 1. The summed E-state index contributed by atoms with van der Waals surface area (Å²) in [6, 6.07) is 2.57. The van der Waals surface area contributed by atoms with E-state index in [-0.39, 0.29) is 5.97 Å². The van der Waals surface area contributed by atoms with Gasteiger partial charge in [0.2, 0.25) is 0 Å². The van der Waals surface area contributed by atoms with Gasteiger partial charge in [-0.15, -0.1) is 23.1 Å². The molecule has 1 fully saturated rings. The molecule has 0 bridgehead atoms. The number of thioether (sulfide) groups is 1. The quantitative estimate of drug-likeness (QED) is 0.675. The summed E-state index contributed by atoms with van der Waals surface area (Å²) in [6.07, 6.45) is 7.77. The first-order valence-corrected chi connectivity index (χ1v) is 8.71. The molecule has 1 N–H and O–H groups in total. The maximum absolute atomic E-state index is 11.9. The van der Waals surface area contributed by atoms with Crippen LogP contribution in [0.2, 0.25) is 0 Å². The van der Waals surface area contributed by atoms with Crippen molar-refractivity contribution >= 4 is 34.8 Å². The molecule has 1 heterocycles. The zero-order valence-electron chi connectivity index (χ0n) is 11.7. The predicted octanol–water partition coefficient (Wildman–Crippen LogP) is 3.87. The molecule has 6 heteroatoms. The van der Waals surface area contributed by atoms with E-state index in [0.717, 1.165) is 17.1 Å². The molecular weight excluding hydrogens is 292 g/mol. The zero-order chi connectivity index (χ0) is 14.5. The number of anilines is 1. The lowest BCUT2D eigenvalue weighted by atomic mass is 9.95. The Labute approximate surface area is 127 Å². The molecule has 0 radical (unpaired) electrons. The molecule has 1 aliphatic rings. The Kier molecular flexibility index (Phi) is 5.32. The molecule has 1 aliphatic carbocycles. The van der Waals surface area contributed by atoms with Crippen LogP contribution in [0.3, 0.4) is 0 Å².